The van der Waals surface area contributed by atoms with Crippen molar-refractivity contribution in [2.24, 2.45) is 5.16 Å². The highest BCUT2D eigenvalue weighted by Gasteiger charge is 2.15. The highest BCUT2D eigenvalue weighted by Crippen LogP contribution is 2.14. The molecule has 90 valence electrons. The zero-order valence-electron chi connectivity index (χ0n) is 9.26. The Kier molecular flexibility index (Phi) is 2.31. The molecule has 2 rings (SSSR count). The van der Waals surface area contributed by atoms with Crippen LogP contribution in [0.4, 0.5) is 5.69 Å². The lowest BCUT2D eigenvalue weighted by Crippen LogP contribution is -2.21. The average molecular weight is 237 g/mol. The minimum atomic E-state index is -0.542. The highest BCUT2D eigenvalue weighted by atomic mass is 16.5. The van der Waals surface area contributed by atoms with Crippen molar-refractivity contribution >= 4 is 16.8 Å². The lowest BCUT2D eigenvalue weighted by atomic mass is 10.2. The monoisotopic (exact) mass is 237 g/mol. The van der Waals surface area contributed by atoms with E-state index in [-0.39, 0.29) is 27.9 Å². The van der Waals surface area contributed by atoms with Crippen LogP contribution < -0.4 is 16.5 Å². The SMILES string of the molecule is Cc1oc2c(c(=O)c1N)/c(=N/O)cc(C)n2O. The number of aromatic nitrogens is 1. The molecule has 4 N–H and O–H groups in total. The Balaban J connectivity index is 3.22. The number of hydrogen-bond acceptors (Lipinski definition) is 6. The number of nitrogens with two attached hydrogens (primary N) is 1. The Bertz CT molecular complexity index is 727. The molecule has 0 aromatic carbocycles. The first-order valence-electron chi connectivity index (χ1n) is 4.80. The number of nitrogens with zero attached hydrogens (tertiary/aromatic N) is 2. The molecule has 0 saturated carbocycles. The molecule has 0 unspecified atom stereocenters. The summed E-state index contributed by atoms with van der Waals surface area (Å²) in [6, 6.07) is 1.34. The fourth-order valence-electron chi connectivity index (χ4n) is 1.59. The first-order valence-corrected chi connectivity index (χ1v) is 4.80. The van der Waals surface area contributed by atoms with Crippen LogP contribution in [0.15, 0.2) is 20.4 Å². The molecule has 0 fully saturated rings. The van der Waals surface area contributed by atoms with Gasteiger partial charge in [-0.15, -0.1) is 0 Å². The van der Waals surface area contributed by atoms with E-state index < -0.39 is 5.43 Å². The Labute approximate surface area is 95.0 Å². The van der Waals surface area contributed by atoms with Crippen molar-refractivity contribution in [1.29, 1.82) is 0 Å². The van der Waals surface area contributed by atoms with Crippen LogP contribution >= 0.6 is 0 Å². The molecule has 0 amide bonds. The Morgan fingerprint density at radius 2 is 2.12 bits per heavy atom. The summed E-state index contributed by atoms with van der Waals surface area (Å²) >= 11 is 0. The predicted molar refractivity (Wildman–Crippen MR) is 58.9 cm³/mol. The molecule has 0 aliphatic heterocycles. The zero-order valence-corrected chi connectivity index (χ0v) is 9.26. The number of anilines is 1. The standard InChI is InChI=1S/C10H11N3O4/c1-4-3-6(12-15)7-9(14)8(11)5(2)17-10(7)13(4)16/h3,15-16H,11H2,1-2H3/b12-6+. The number of nitrogen functional groups attached to an aromatic ring is 1. The summed E-state index contributed by atoms with van der Waals surface area (Å²) in [5.74, 6) is 0.194. The van der Waals surface area contributed by atoms with Gasteiger partial charge < -0.3 is 20.6 Å². The summed E-state index contributed by atoms with van der Waals surface area (Å²) in [6.45, 7) is 3.08. The predicted octanol–water partition coefficient (Wildman–Crippen LogP) is 0.321. The lowest BCUT2D eigenvalue weighted by molar-refractivity contribution is 0.177. The molecule has 7 nitrogen and oxygen atoms in total. The second-order valence-corrected chi connectivity index (χ2v) is 3.66. The van der Waals surface area contributed by atoms with E-state index in [9.17, 15) is 10.0 Å². The molecular formula is C10H11N3O4. The first kappa shape index (κ1) is 11.1. The number of aryl methyl sites for hydroxylation is 2. The van der Waals surface area contributed by atoms with Crippen molar-refractivity contribution in [2.45, 2.75) is 13.8 Å². The van der Waals surface area contributed by atoms with E-state index in [0.717, 1.165) is 0 Å². The number of hydrogen-bond donors (Lipinski definition) is 3. The molecule has 0 bridgehead atoms. The van der Waals surface area contributed by atoms with Crippen LogP contribution in [0.25, 0.3) is 11.1 Å². The smallest absolute Gasteiger partial charge is 0.246 e. The van der Waals surface area contributed by atoms with Crippen molar-refractivity contribution in [3.63, 3.8) is 0 Å². The van der Waals surface area contributed by atoms with Gasteiger partial charge in [-0.3, -0.25) is 4.79 Å². The van der Waals surface area contributed by atoms with Gasteiger partial charge in [0.15, 0.2) is 0 Å². The molecule has 2 heterocycles. The highest BCUT2D eigenvalue weighted by molar-refractivity contribution is 5.76. The fraction of sp³-hybridized carbons (Fsp3) is 0.200. The lowest BCUT2D eigenvalue weighted by Gasteiger charge is -2.08. The summed E-state index contributed by atoms with van der Waals surface area (Å²) in [4.78, 5) is 11.9. The molecule has 17 heavy (non-hydrogen) atoms. The van der Waals surface area contributed by atoms with Crippen LogP contribution in [0, 0.1) is 13.8 Å². The van der Waals surface area contributed by atoms with Crippen LogP contribution in [0.3, 0.4) is 0 Å². The quantitative estimate of drug-likeness (QED) is 0.347. The van der Waals surface area contributed by atoms with Gasteiger partial charge in [0.05, 0.1) is 5.69 Å². The van der Waals surface area contributed by atoms with E-state index in [2.05, 4.69) is 5.16 Å². The molecule has 2 aromatic heterocycles. The Morgan fingerprint density at radius 1 is 1.47 bits per heavy atom. The maximum atomic E-state index is 11.9. The molecule has 0 spiro atoms. The van der Waals surface area contributed by atoms with Gasteiger partial charge in [0.2, 0.25) is 11.1 Å². The molecule has 2 aromatic rings. The molecule has 0 aliphatic rings. The van der Waals surface area contributed by atoms with E-state index in [4.69, 9.17) is 15.4 Å². The Morgan fingerprint density at radius 3 is 2.71 bits per heavy atom. The third-order valence-electron chi connectivity index (χ3n) is 2.55. The van der Waals surface area contributed by atoms with Crippen molar-refractivity contribution in [3.05, 3.63) is 33.1 Å². The maximum absolute atomic E-state index is 11.9. The second-order valence-electron chi connectivity index (χ2n) is 3.66. The molecule has 0 radical (unpaired) electrons. The molecule has 0 atom stereocenters. The van der Waals surface area contributed by atoms with Crippen molar-refractivity contribution in [2.75, 3.05) is 5.73 Å². The molecular weight excluding hydrogens is 226 g/mol. The number of fused-ring (bicyclic) bond motifs is 1. The molecule has 7 heteroatoms. The zero-order chi connectivity index (χ0) is 12.7. The van der Waals surface area contributed by atoms with Gasteiger partial charge >= 0.3 is 0 Å². The largest absolute Gasteiger partial charge is 0.440 e. The first-order chi connectivity index (χ1) is 7.97. The van der Waals surface area contributed by atoms with Gasteiger partial charge in [0.1, 0.15) is 22.2 Å². The van der Waals surface area contributed by atoms with Crippen LogP contribution in [0.5, 0.6) is 0 Å². The average Bonchev–Trinajstić information content (AvgIpc) is 2.31. The summed E-state index contributed by atoms with van der Waals surface area (Å²) in [5.41, 5.74) is 5.18. The topological polar surface area (TPSA) is 114 Å². The van der Waals surface area contributed by atoms with Gasteiger partial charge in [-0.2, -0.15) is 4.73 Å². The summed E-state index contributed by atoms with van der Waals surface area (Å²) < 4.78 is 5.95. The van der Waals surface area contributed by atoms with Crippen molar-refractivity contribution < 1.29 is 14.8 Å². The molecule has 0 saturated heterocycles. The fourth-order valence-corrected chi connectivity index (χ4v) is 1.59. The Hall–Kier alpha value is -2.44. The summed E-state index contributed by atoms with van der Waals surface area (Å²) in [5, 5.41) is 21.5. The van der Waals surface area contributed by atoms with Crippen LogP contribution in [-0.2, 0) is 0 Å². The number of rotatable bonds is 0. The maximum Gasteiger partial charge on any atom is 0.246 e. The van der Waals surface area contributed by atoms with Gasteiger partial charge in [-0.1, -0.05) is 5.16 Å². The van der Waals surface area contributed by atoms with Gasteiger partial charge in [-0.25, -0.2) is 0 Å². The van der Waals surface area contributed by atoms with Crippen LogP contribution in [0.1, 0.15) is 11.5 Å². The van der Waals surface area contributed by atoms with Crippen molar-refractivity contribution in [1.82, 2.24) is 4.73 Å². The minimum Gasteiger partial charge on any atom is -0.440 e. The second kappa shape index (κ2) is 3.55. The van der Waals surface area contributed by atoms with Crippen molar-refractivity contribution in [3.8, 4) is 0 Å². The summed E-state index contributed by atoms with van der Waals surface area (Å²) in [6.07, 6.45) is 0. The van der Waals surface area contributed by atoms with E-state index >= 15 is 0 Å². The van der Waals surface area contributed by atoms with Gasteiger partial charge in [0.25, 0.3) is 0 Å². The van der Waals surface area contributed by atoms with Gasteiger partial charge in [-0.05, 0) is 19.9 Å². The van der Waals surface area contributed by atoms with E-state index in [1.54, 1.807) is 6.92 Å². The van der Waals surface area contributed by atoms with Crippen LogP contribution in [0.2, 0.25) is 0 Å². The molecule has 0 aliphatic carbocycles. The van der Waals surface area contributed by atoms with E-state index in [1.807, 2.05) is 0 Å². The minimum absolute atomic E-state index is 0.00301. The third-order valence-corrected chi connectivity index (χ3v) is 2.55. The number of pyridine rings is 1. The van der Waals surface area contributed by atoms with E-state index in [0.29, 0.717) is 10.4 Å². The van der Waals surface area contributed by atoms with Gasteiger partial charge in [0, 0.05) is 0 Å². The normalized spacial score (nSPS) is 12.2. The van der Waals surface area contributed by atoms with E-state index in [1.165, 1.54) is 13.0 Å². The summed E-state index contributed by atoms with van der Waals surface area (Å²) in [7, 11) is 0. The van der Waals surface area contributed by atoms with Crippen LogP contribution in [-0.4, -0.2) is 15.1 Å². The third kappa shape index (κ3) is 1.43.